The second-order valence-electron chi connectivity index (χ2n) is 2.08. The summed E-state index contributed by atoms with van der Waals surface area (Å²) in [6, 6.07) is 1.94. The summed E-state index contributed by atoms with van der Waals surface area (Å²) in [6.07, 6.45) is 0. The Morgan fingerprint density at radius 2 is 2.30 bits per heavy atom. The summed E-state index contributed by atoms with van der Waals surface area (Å²) in [5, 5.41) is 0.822. The number of thiophene rings is 1. The van der Waals surface area contributed by atoms with Crippen molar-refractivity contribution in [3.8, 4) is 10.8 Å². The van der Waals surface area contributed by atoms with Gasteiger partial charge in [0.15, 0.2) is 5.75 Å². The lowest BCUT2D eigenvalue weighted by Gasteiger charge is -1.91. The van der Waals surface area contributed by atoms with Gasteiger partial charge in [0, 0.05) is 4.88 Å². The van der Waals surface area contributed by atoms with Gasteiger partial charge in [-0.1, -0.05) is 0 Å². The Bertz CT molecular complexity index is 262. The zero-order valence-corrected chi connectivity index (χ0v) is 6.33. The molecule has 0 amide bonds. The SMILES string of the molecule is C=C1Oc2cc(C)sc2O1. The molecule has 0 radical (unpaired) electrons. The third-order valence-corrected chi connectivity index (χ3v) is 2.13. The number of hydrogen-bond acceptors (Lipinski definition) is 3. The van der Waals surface area contributed by atoms with Crippen molar-refractivity contribution in [3.05, 3.63) is 23.5 Å². The highest BCUT2D eigenvalue weighted by molar-refractivity contribution is 7.14. The van der Waals surface area contributed by atoms with Gasteiger partial charge >= 0.3 is 0 Å². The molecule has 1 aliphatic heterocycles. The molecule has 0 aliphatic carbocycles. The zero-order valence-electron chi connectivity index (χ0n) is 5.51. The van der Waals surface area contributed by atoms with Crippen LogP contribution in [-0.4, -0.2) is 0 Å². The van der Waals surface area contributed by atoms with E-state index in [-0.39, 0.29) is 0 Å². The second-order valence-corrected chi connectivity index (χ2v) is 3.30. The summed E-state index contributed by atoms with van der Waals surface area (Å²) in [6.45, 7) is 5.55. The molecule has 0 spiro atoms. The van der Waals surface area contributed by atoms with Crippen molar-refractivity contribution < 1.29 is 9.47 Å². The predicted molar refractivity (Wildman–Crippen MR) is 39.5 cm³/mol. The maximum absolute atomic E-state index is 5.13. The Hall–Kier alpha value is -0.960. The van der Waals surface area contributed by atoms with Crippen molar-refractivity contribution in [1.29, 1.82) is 0 Å². The third kappa shape index (κ3) is 0.708. The normalized spacial score (nSPS) is 14.3. The van der Waals surface area contributed by atoms with Crippen LogP contribution in [0.25, 0.3) is 0 Å². The van der Waals surface area contributed by atoms with E-state index in [1.54, 1.807) is 11.3 Å². The van der Waals surface area contributed by atoms with Gasteiger partial charge in [0.1, 0.15) is 0 Å². The largest absolute Gasteiger partial charge is 0.421 e. The Kier molecular flexibility index (Phi) is 1.02. The molecule has 2 rings (SSSR count). The highest BCUT2D eigenvalue weighted by Gasteiger charge is 2.19. The van der Waals surface area contributed by atoms with Gasteiger partial charge in [-0.2, -0.15) is 0 Å². The predicted octanol–water partition coefficient (Wildman–Crippen LogP) is 2.30. The fraction of sp³-hybridized carbons (Fsp3) is 0.143. The molecule has 0 saturated carbocycles. The van der Waals surface area contributed by atoms with Crippen molar-refractivity contribution in [2.75, 3.05) is 0 Å². The lowest BCUT2D eigenvalue weighted by atomic mass is 10.5. The van der Waals surface area contributed by atoms with Crippen LogP contribution in [0.3, 0.4) is 0 Å². The fourth-order valence-corrected chi connectivity index (χ4v) is 1.65. The molecule has 2 heterocycles. The number of ether oxygens (including phenoxy) is 2. The Balaban J connectivity index is 2.47. The molecule has 52 valence electrons. The van der Waals surface area contributed by atoms with Crippen LogP contribution in [0, 0.1) is 6.92 Å². The van der Waals surface area contributed by atoms with E-state index in [4.69, 9.17) is 9.47 Å². The molecule has 0 aromatic carbocycles. The minimum absolute atomic E-state index is 0.376. The van der Waals surface area contributed by atoms with E-state index in [0.29, 0.717) is 5.95 Å². The topological polar surface area (TPSA) is 18.5 Å². The van der Waals surface area contributed by atoms with Gasteiger partial charge in [-0.05, 0) is 19.6 Å². The first kappa shape index (κ1) is 5.80. The molecule has 1 aliphatic rings. The first-order chi connectivity index (χ1) is 4.75. The number of rotatable bonds is 0. The average molecular weight is 154 g/mol. The summed E-state index contributed by atoms with van der Waals surface area (Å²) >= 11 is 1.57. The molecule has 0 unspecified atom stereocenters. The molecule has 10 heavy (non-hydrogen) atoms. The van der Waals surface area contributed by atoms with Gasteiger partial charge in [-0.25, -0.2) is 0 Å². The fourth-order valence-electron chi connectivity index (χ4n) is 0.859. The summed E-state index contributed by atoms with van der Waals surface area (Å²) in [5.41, 5.74) is 0. The molecule has 2 nitrogen and oxygen atoms in total. The molecule has 3 heteroatoms. The summed E-state index contributed by atoms with van der Waals surface area (Å²) < 4.78 is 10.3. The minimum atomic E-state index is 0.376. The van der Waals surface area contributed by atoms with Crippen LogP contribution in [0.5, 0.6) is 10.8 Å². The number of hydrogen-bond donors (Lipinski definition) is 0. The van der Waals surface area contributed by atoms with Crippen molar-refractivity contribution in [2.45, 2.75) is 6.92 Å². The van der Waals surface area contributed by atoms with Crippen molar-refractivity contribution in [1.82, 2.24) is 0 Å². The maximum Gasteiger partial charge on any atom is 0.283 e. The van der Waals surface area contributed by atoms with E-state index < -0.39 is 0 Å². The van der Waals surface area contributed by atoms with Crippen LogP contribution < -0.4 is 9.47 Å². The number of aryl methyl sites for hydroxylation is 1. The molecular weight excluding hydrogens is 148 g/mol. The van der Waals surface area contributed by atoms with Crippen LogP contribution in [0.4, 0.5) is 0 Å². The van der Waals surface area contributed by atoms with Gasteiger partial charge in [-0.3, -0.25) is 0 Å². The number of fused-ring (bicyclic) bond motifs is 1. The van der Waals surface area contributed by atoms with Gasteiger partial charge in [0.25, 0.3) is 5.95 Å². The quantitative estimate of drug-likeness (QED) is 0.570. The molecular formula is C7H6O2S. The van der Waals surface area contributed by atoms with E-state index >= 15 is 0 Å². The first-order valence-corrected chi connectivity index (χ1v) is 3.72. The standard InChI is InChI=1S/C7H6O2S/c1-4-3-6-7(10-4)9-5(2)8-6/h3H,2H2,1H3. The third-order valence-electron chi connectivity index (χ3n) is 1.22. The van der Waals surface area contributed by atoms with Crippen LogP contribution in [-0.2, 0) is 0 Å². The minimum Gasteiger partial charge on any atom is -0.421 e. The highest BCUT2D eigenvalue weighted by atomic mass is 32.1. The molecule has 1 aromatic rings. The van der Waals surface area contributed by atoms with Crippen LogP contribution >= 0.6 is 11.3 Å². The highest BCUT2D eigenvalue weighted by Crippen LogP contribution is 2.42. The van der Waals surface area contributed by atoms with Crippen LogP contribution in [0.1, 0.15) is 4.88 Å². The van der Waals surface area contributed by atoms with Crippen molar-refractivity contribution in [2.24, 2.45) is 0 Å². The summed E-state index contributed by atoms with van der Waals surface area (Å²) in [5.74, 6) is 1.17. The molecule has 0 fully saturated rings. The lowest BCUT2D eigenvalue weighted by Crippen LogP contribution is -1.89. The van der Waals surface area contributed by atoms with E-state index in [9.17, 15) is 0 Å². The smallest absolute Gasteiger partial charge is 0.283 e. The molecule has 0 atom stereocenters. The molecule has 1 aromatic heterocycles. The van der Waals surface area contributed by atoms with Gasteiger partial charge < -0.3 is 9.47 Å². The molecule has 0 bridgehead atoms. The van der Waals surface area contributed by atoms with E-state index in [1.165, 1.54) is 4.88 Å². The van der Waals surface area contributed by atoms with Crippen LogP contribution in [0.2, 0.25) is 0 Å². The Morgan fingerprint density at radius 1 is 1.50 bits per heavy atom. The van der Waals surface area contributed by atoms with E-state index in [1.807, 2.05) is 13.0 Å². The average Bonchev–Trinajstić information content (AvgIpc) is 2.21. The summed E-state index contributed by atoms with van der Waals surface area (Å²) in [4.78, 5) is 1.19. The summed E-state index contributed by atoms with van der Waals surface area (Å²) in [7, 11) is 0. The Labute approximate surface area is 62.7 Å². The molecule has 0 saturated heterocycles. The van der Waals surface area contributed by atoms with Gasteiger partial charge in [0.05, 0.1) is 0 Å². The second kappa shape index (κ2) is 1.76. The Morgan fingerprint density at radius 3 is 3.00 bits per heavy atom. The monoisotopic (exact) mass is 154 g/mol. The first-order valence-electron chi connectivity index (χ1n) is 2.91. The lowest BCUT2D eigenvalue weighted by molar-refractivity contribution is 0.292. The molecule has 0 N–H and O–H groups in total. The maximum atomic E-state index is 5.13. The van der Waals surface area contributed by atoms with Crippen molar-refractivity contribution in [3.63, 3.8) is 0 Å². The van der Waals surface area contributed by atoms with Crippen molar-refractivity contribution >= 4 is 11.3 Å². The van der Waals surface area contributed by atoms with Crippen LogP contribution in [0.15, 0.2) is 18.6 Å². The van der Waals surface area contributed by atoms with Gasteiger partial charge in [-0.15, -0.1) is 11.3 Å². The van der Waals surface area contributed by atoms with Gasteiger partial charge in [0.2, 0.25) is 5.06 Å². The zero-order chi connectivity index (χ0) is 7.14. The van der Waals surface area contributed by atoms with E-state index in [2.05, 4.69) is 6.58 Å². The van der Waals surface area contributed by atoms with E-state index in [0.717, 1.165) is 10.8 Å².